The molecule has 9 heteroatoms. The lowest BCUT2D eigenvalue weighted by atomic mass is 10.1. The topological polar surface area (TPSA) is 86.7 Å². The summed E-state index contributed by atoms with van der Waals surface area (Å²) in [6.07, 6.45) is 6.97. The van der Waals surface area contributed by atoms with E-state index < -0.39 is 5.92 Å². The number of hydrazine groups is 1. The van der Waals surface area contributed by atoms with Crippen LogP contribution < -0.4 is 16.9 Å². The van der Waals surface area contributed by atoms with Crippen molar-refractivity contribution in [3.63, 3.8) is 0 Å². The minimum Gasteiger partial charge on any atom is -0.402 e. The van der Waals surface area contributed by atoms with Crippen LogP contribution in [0, 0.1) is 0 Å². The molecule has 38 heavy (non-hydrogen) atoms. The molecule has 1 aromatic carbocycles. The number of hydrogen-bond donors (Lipinski definition) is 3. The van der Waals surface area contributed by atoms with Crippen LogP contribution in [0.4, 0.5) is 8.78 Å². The van der Waals surface area contributed by atoms with E-state index in [1.807, 2.05) is 30.5 Å². The van der Waals surface area contributed by atoms with Gasteiger partial charge in [0.1, 0.15) is 5.82 Å². The normalized spacial score (nSPS) is 18.4. The molecule has 0 bridgehead atoms. The molecule has 7 nitrogen and oxygen atoms in total. The van der Waals surface area contributed by atoms with Crippen LogP contribution in [0.1, 0.15) is 43.7 Å². The summed E-state index contributed by atoms with van der Waals surface area (Å²) in [4.78, 5) is 7.65. The molecular weight excluding hydrogens is 484 g/mol. The lowest BCUT2D eigenvalue weighted by Gasteiger charge is -2.44. The molecule has 0 radical (unpaired) electrons. The average molecular weight is 526 g/mol. The first-order chi connectivity index (χ1) is 18.1. The van der Waals surface area contributed by atoms with E-state index >= 15 is 0 Å². The van der Waals surface area contributed by atoms with Gasteiger partial charge in [-0.05, 0) is 36.0 Å². The zero-order valence-electron chi connectivity index (χ0n) is 22.5. The van der Waals surface area contributed by atoms with Crippen molar-refractivity contribution in [2.45, 2.75) is 51.1 Å². The van der Waals surface area contributed by atoms with Crippen molar-refractivity contribution in [2.24, 2.45) is 11.6 Å². The predicted molar refractivity (Wildman–Crippen MR) is 149 cm³/mol. The number of hydrogen-bond acceptors (Lipinski definition) is 7. The maximum Gasteiger partial charge on any atom is 0.282 e. The molecule has 2 aliphatic heterocycles. The van der Waals surface area contributed by atoms with Crippen LogP contribution in [0.3, 0.4) is 0 Å². The Morgan fingerprint density at radius 3 is 2.47 bits per heavy atom. The highest BCUT2D eigenvalue weighted by molar-refractivity contribution is 5.19. The molecule has 5 N–H and O–H groups in total. The lowest BCUT2D eigenvalue weighted by Crippen LogP contribution is -2.59. The largest absolute Gasteiger partial charge is 0.402 e. The van der Waals surface area contributed by atoms with E-state index in [0.29, 0.717) is 24.8 Å². The fourth-order valence-corrected chi connectivity index (χ4v) is 4.58. The lowest BCUT2D eigenvalue weighted by molar-refractivity contribution is -0.125. The van der Waals surface area contributed by atoms with Gasteiger partial charge in [0, 0.05) is 43.1 Å². The van der Waals surface area contributed by atoms with Gasteiger partial charge >= 0.3 is 0 Å². The SMILES string of the molecule is C=C(NCc1ccccc1)C1CCCN1C(=C)CN(N)/C(=C\N)N1CC(F)(F)C1.CC(C)c1cccnc1. The molecule has 1 unspecified atom stereocenters. The fraction of sp³-hybridized carbons (Fsp3) is 0.414. The van der Waals surface area contributed by atoms with Gasteiger partial charge in [-0.1, -0.05) is 63.4 Å². The van der Waals surface area contributed by atoms with E-state index in [9.17, 15) is 8.78 Å². The number of nitrogens with two attached hydrogens (primary N) is 2. The summed E-state index contributed by atoms with van der Waals surface area (Å²) < 4.78 is 26.4. The Morgan fingerprint density at radius 2 is 1.92 bits per heavy atom. The van der Waals surface area contributed by atoms with Gasteiger partial charge in [0.2, 0.25) is 0 Å². The van der Waals surface area contributed by atoms with Crippen LogP contribution in [0.15, 0.2) is 91.4 Å². The van der Waals surface area contributed by atoms with Crippen LogP contribution in [0.5, 0.6) is 0 Å². The Morgan fingerprint density at radius 1 is 1.21 bits per heavy atom. The van der Waals surface area contributed by atoms with Crippen LogP contribution in [0.2, 0.25) is 0 Å². The number of likely N-dealkylation sites (tertiary alicyclic amines) is 2. The Kier molecular flexibility index (Phi) is 10.1. The second-order valence-electron chi connectivity index (χ2n) is 10.1. The molecule has 4 rings (SSSR count). The smallest absolute Gasteiger partial charge is 0.282 e. The summed E-state index contributed by atoms with van der Waals surface area (Å²) in [5.74, 6) is 4.42. The monoisotopic (exact) mass is 525 g/mol. The van der Waals surface area contributed by atoms with Gasteiger partial charge in [-0.2, -0.15) is 0 Å². The Balaban J connectivity index is 0.000000375. The van der Waals surface area contributed by atoms with Crippen molar-refractivity contribution in [1.29, 1.82) is 0 Å². The van der Waals surface area contributed by atoms with Gasteiger partial charge in [-0.15, -0.1) is 0 Å². The highest BCUT2D eigenvalue weighted by Gasteiger charge is 2.45. The minimum atomic E-state index is -2.69. The first kappa shape index (κ1) is 29.0. The summed E-state index contributed by atoms with van der Waals surface area (Å²) >= 11 is 0. The van der Waals surface area contributed by atoms with Gasteiger partial charge in [0.05, 0.1) is 25.7 Å². The molecule has 2 aliphatic rings. The van der Waals surface area contributed by atoms with Crippen LogP contribution in [-0.2, 0) is 6.54 Å². The molecule has 0 spiro atoms. The summed E-state index contributed by atoms with van der Waals surface area (Å²) in [7, 11) is 0. The summed E-state index contributed by atoms with van der Waals surface area (Å²) in [5.41, 5.74) is 9.87. The molecule has 3 heterocycles. The van der Waals surface area contributed by atoms with E-state index in [4.69, 9.17) is 11.6 Å². The van der Waals surface area contributed by atoms with Gasteiger partial charge in [-0.25, -0.2) is 14.6 Å². The Labute approximate surface area is 225 Å². The van der Waals surface area contributed by atoms with Crippen LogP contribution >= 0.6 is 0 Å². The summed E-state index contributed by atoms with van der Waals surface area (Å²) in [5, 5.41) is 4.80. The first-order valence-electron chi connectivity index (χ1n) is 13.0. The Hall–Kier alpha value is -3.59. The summed E-state index contributed by atoms with van der Waals surface area (Å²) in [6.45, 7) is 13.8. The van der Waals surface area contributed by atoms with E-state index in [1.54, 1.807) is 6.20 Å². The minimum absolute atomic E-state index is 0.123. The van der Waals surface area contributed by atoms with Crippen molar-refractivity contribution in [3.05, 3.63) is 103 Å². The van der Waals surface area contributed by atoms with Crippen molar-refractivity contribution < 1.29 is 8.78 Å². The van der Waals surface area contributed by atoms with E-state index in [2.05, 4.69) is 60.4 Å². The quantitative estimate of drug-likeness (QED) is 0.314. The predicted octanol–water partition coefficient (Wildman–Crippen LogP) is 4.36. The maximum absolute atomic E-state index is 13.2. The molecule has 1 atom stereocenters. The van der Waals surface area contributed by atoms with E-state index in [-0.39, 0.29) is 19.1 Å². The molecular formula is C29H41F2N7. The molecule has 2 aromatic rings. The fourth-order valence-electron chi connectivity index (χ4n) is 4.58. The van der Waals surface area contributed by atoms with Crippen molar-refractivity contribution in [3.8, 4) is 0 Å². The second kappa shape index (κ2) is 13.3. The number of nitrogens with zero attached hydrogens (tertiary/aromatic N) is 4. The molecule has 0 aliphatic carbocycles. The number of benzene rings is 1. The standard InChI is InChI=1S/C21H30F2N6.C8H11N/c1-16(13-29(25)20(11-24)27-14-21(22,23)15-27)28-10-6-9-19(28)17(2)26-12-18-7-4-3-5-8-18;1-7(2)8-4-3-5-9-6-8/h3-5,7-8,11,19,26H,1-2,6,9-10,12-15,24-25H2;3-7H,1-2H3/b20-11-;. The zero-order chi connectivity index (χ0) is 27.7. The zero-order valence-corrected chi connectivity index (χ0v) is 22.5. The maximum atomic E-state index is 13.2. The number of halogens is 2. The van der Waals surface area contributed by atoms with E-state index in [1.165, 1.54) is 27.2 Å². The van der Waals surface area contributed by atoms with Crippen LogP contribution in [0.25, 0.3) is 0 Å². The average Bonchev–Trinajstić information content (AvgIpc) is 3.38. The number of rotatable bonds is 10. The van der Waals surface area contributed by atoms with Gasteiger partial charge in [-0.3, -0.25) is 9.99 Å². The molecule has 206 valence electrons. The van der Waals surface area contributed by atoms with Gasteiger partial charge in [0.15, 0.2) is 0 Å². The highest BCUT2D eigenvalue weighted by atomic mass is 19.3. The van der Waals surface area contributed by atoms with Crippen molar-refractivity contribution in [1.82, 2.24) is 25.1 Å². The number of pyridine rings is 1. The van der Waals surface area contributed by atoms with Crippen molar-refractivity contribution in [2.75, 3.05) is 26.2 Å². The third-order valence-electron chi connectivity index (χ3n) is 6.74. The van der Waals surface area contributed by atoms with E-state index in [0.717, 1.165) is 30.8 Å². The number of nitrogens with one attached hydrogen (secondary N) is 1. The number of alkyl halides is 2. The van der Waals surface area contributed by atoms with Gasteiger partial charge < -0.3 is 20.9 Å². The summed E-state index contributed by atoms with van der Waals surface area (Å²) in [6, 6.07) is 14.3. The third kappa shape index (κ3) is 7.95. The number of aromatic nitrogens is 1. The Bertz CT molecular complexity index is 1060. The second-order valence-corrected chi connectivity index (χ2v) is 10.1. The molecule has 1 aromatic heterocycles. The van der Waals surface area contributed by atoms with Crippen molar-refractivity contribution >= 4 is 0 Å². The molecule has 2 saturated heterocycles. The first-order valence-corrected chi connectivity index (χ1v) is 13.0. The molecule has 2 fully saturated rings. The van der Waals surface area contributed by atoms with Crippen LogP contribution in [-0.4, -0.2) is 57.9 Å². The molecule has 0 amide bonds. The third-order valence-corrected chi connectivity index (χ3v) is 6.74. The highest BCUT2D eigenvalue weighted by Crippen LogP contribution is 2.31. The van der Waals surface area contributed by atoms with Gasteiger partial charge in [0.25, 0.3) is 5.92 Å². The molecule has 0 saturated carbocycles.